The van der Waals surface area contributed by atoms with Crippen molar-refractivity contribution in [1.82, 2.24) is 5.32 Å². The van der Waals surface area contributed by atoms with Crippen LogP contribution in [0.4, 0.5) is 0 Å². The molecule has 20 heavy (non-hydrogen) atoms. The topological polar surface area (TPSA) is 67.8 Å². The first-order chi connectivity index (χ1) is 9.71. The minimum absolute atomic E-state index is 0.179. The number of carbonyl (C=O) groups excluding carboxylic acids is 1. The molecule has 0 saturated heterocycles. The van der Waals surface area contributed by atoms with E-state index in [1.54, 1.807) is 7.05 Å². The number of hydrogen-bond acceptors (Lipinski definition) is 4. The van der Waals surface area contributed by atoms with Gasteiger partial charge in [0.25, 0.3) is 5.91 Å². The number of rotatable bonds is 7. The summed E-state index contributed by atoms with van der Waals surface area (Å²) in [6.45, 7) is 2.66. The third kappa shape index (κ3) is 3.52. The summed E-state index contributed by atoms with van der Waals surface area (Å²) in [4.78, 5) is 11.8. The fraction of sp³-hybridized carbons (Fsp3) is 0.800. The minimum Gasteiger partial charge on any atom is -0.459 e. The highest BCUT2D eigenvalue weighted by atomic mass is 16.7. The zero-order valence-corrected chi connectivity index (χ0v) is 12.3. The van der Waals surface area contributed by atoms with Crippen LogP contribution in [0.15, 0.2) is 11.8 Å². The van der Waals surface area contributed by atoms with Crippen molar-refractivity contribution in [2.75, 3.05) is 20.3 Å². The van der Waals surface area contributed by atoms with E-state index in [4.69, 9.17) is 14.6 Å². The van der Waals surface area contributed by atoms with Crippen LogP contribution >= 0.6 is 0 Å². The van der Waals surface area contributed by atoms with Crippen molar-refractivity contribution in [1.29, 1.82) is 0 Å². The lowest BCUT2D eigenvalue weighted by atomic mass is 9.82. The fourth-order valence-electron chi connectivity index (χ4n) is 2.93. The molecule has 1 heterocycles. The molecule has 5 heteroatoms. The maximum Gasteiger partial charge on any atom is 0.285 e. The van der Waals surface area contributed by atoms with Crippen molar-refractivity contribution in [2.24, 2.45) is 17.8 Å². The van der Waals surface area contributed by atoms with Gasteiger partial charge >= 0.3 is 0 Å². The Kier molecular flexibility index (Phi) is 5.43. The molecule has 5 nitrogen and oxygen atoms in total. The fourth-order valence-corrected chi connectivity index (χ4v) is 2.93. The highest BCUT2D eigenvalue weighted by Gasteiger charge is 2.43. The van der Waals surface area contributed by atoms with Crippen LogP contribution in [-0.4, -0.2) is 37.6 Å². The Hall–Kier alpha value is -1.07. The minimum atomic E-state index is -0.380. The van der Waals surface area contributed by atoms with Gasteiger partial charge in [-0.25, -0.2) is 0 Å². The number of hydrogen-bond donors (Lipinski definition) is 2. The van der Waals surface area contributed by atoms with E-state index in [2.05, 4.69) is 5.32 Å². The molecule has 0 aromatic rings. The van der Waals surface area contributed by atoms with E-state index in [1.165, 1.54) is 12.8 Å². The van der Waals surface area contributed by atoms with Crippen LogP contribution in [0.3, 0.4) is 0 Å². The zero-order chi connectivity index (χ0) is 14.5. The average Bonchev–Trinajstić information content (AvgIpc) is 3.29. The van der Waals surface area contributed by atoms with Gasteiger partial charge in [-0.05, 0) is 50.5 Å². The number of amides is 1. The van der Waals surface area contributed by atoms with Gasteiger partial charge in [0.05, 0.1) is 0 Å². The van der Waals surface area contributed by atoms with Gasteiger partial charge in [0.1, 0.15) is 0 Å². The van der Waals surface area contributed by atoms with Gasteiger partial charge in [0.15, 0.2) is 5.76 Å². The average molecular weight is 283 g/mol. The highest BCUT2D eigenvalue weighted by molar-refractivity contribution is 5.91. The molecule has 1 aliphatic carbocycles. The summed E-state index contributed by atoms with van der Waals surface area (Å²) in [5, 5.41) is 11.7. The molecule has 0 bridgehead atoms. The molecule has 1 fully saturated rings. The van der Waals surface area contributed by atoms with Gasteiger partial charge < -0.3 is 19.9 Å². The Bertz CT molecular complexity index is 365. The number of likely N-dealkylation sites (N-methyl/N-ethyl adjacent to an activating group) is 1. The van der Waals surface area contributed by atoms with E-state index >= 15 is 0 Å². The summed E-state index contributed by atoms with van der Waals surface area (Å²) in [5.41, 5.74) is 0. The third-order valence-corrected chi connectivity index (χ3v) is 4.07. The number of ether oxygens (including phenoxy) is 2. The Labute approximate surface area is 120 Å². The molecule has 114 valence electrons. The second-order valence-corrected chi connectivity index (χ2v) is 5.50. The smallest absolute Gasteiger partial charge is 0.285 e. The largest absolute Gasteiger partial charge is 0.459 e. The van der Waals surface area contributed by atoms with Crippen molar-refractivity contribution in [3.8, 4) is 0 Å². The predicted octanol–water partition coefficient (Wildman–Crippen LogP) is 1.42. The first kappa shape index (κ1) is 15.3. The Morgan fingerprint density at radius 1 is 1.55 bits per heavy atom. The number of aliphatic hydroxyl groups excluding tert-OH is 1. The molecule has 1 saturated carbocycles. The molecule has 2 N–H and O–H groups in total. The van der Waals surface area contributed by atoms with E-state index in [0.29, 0.717) is 24.2 Å². The summed E-state index contributed by atoms with van der Waals surface area (Å²) in [6, 6.07) is 0. The van der Waals surface area contributed by atoms with Gasteiger partial charge in [-0.3, -0.25) is 4.79 Å². The van der Waals surface area contributed by atoms with Crippen LogP contribution in [-0.2, 0) is 14.3 Å². The second kappa shape index (κ2) is 7.09. The molecule has 0 unspecified atom stereocenters. The van der Waals surface area contributed by atoms with E-state index in [-0.39, 0.29) is 24.7 Å². The first-order valence-corrected chi connectivity index (χ1v) is 7.54. The number of allylic oxidation sites excluding steroid dienone is 1. The SMILES string of the molecule is CCO[C@@H]1OC(C(=O)NC)=C[C@H](C2CC2)[C@H]1CCCO. The van der Waals surface area contributed by atoms with Gasteiger partial charge in [-0.15, -0.1) is 0 Å². The second-order valence-electron chi connectivity index (χ2n) is 5.50. The monoisotopic (exact) mass is 283 g/mol. The van der Waals surface area contributed by atoms with Gasteiger partial charge in [0.2, 0.25) is 6.29 Å². The first-order valence-electron chi connectivity index (χ1n) is 7.54. The Morgan fingerprint density at radius 2 is 2.30 bits per heavy atom. The van der Waals surface area contributed by atoms with E-state index in [0.717, 1.165) is 12.8 Å². The van der Waals surface area contributed by atoms with Crippen LogP contribution < -0.4 is 5.32 Å². The molecule has 2 aliphatic rings. The van der Waals surface area contributed by atoms with Crippen molar-refractivity contribution in [3.05, 3.63) is 11.8 Å². The summed E-state index contributed by atoms with van der Waals surface area (Å²) in [6.07, 6.45) is 5.60. The van der Waals surface area contributed by atoms with Crippen molar-refractivity contribution in [2.45, 2.75) is 38.9 Å². The van der Waals surface area contributed by atoms with Crippen molar-refractivity contribution in [3.63, 3.8) is 0 Å². The lowest BCUT2D eigenvalue weighted by Gasteiger charge is -2.36. The summed E-state index contributed by atoms with van der Waals surface area (Å²) >= 11 is 0. The third-order valence-electron chi connectivity index (χ3n) is 4.07. The molecule has 3 atom stereocenters. The van der Waals surface area contributed by atoms with Crippen LogP contribution in [0.5, 0.6) is 0 Å². The number of nitrogens with one attached hydrogen (secondary N) is 1. The Morgan fingerprint density at radius 3 is 2.85 bits per heavy atom. The van der Waals surface area contributed by atoms with E-state index < -0.39 is 0 Å². The Balaban J connectivity index is 2.17. The maximum absolute atomic E-state index is 11.8. The van der Waals surface area contributed by atoms with Crippen LogP contribution in [0.1, 0.15) is 32.6 Å². The molecule has 0 spiro atoms. The summed E-state index contributed by atoms with van der Waals surface area (Å²) in [7, 11) is 1.60. The van der Waals surface area contributed by atoms with Crippen molar-refractivity contribution >= 4 is 5.91 Å². The van der Waals surface area contributed by atoms with Crippen molar-refractivity contribution < 1.29 is 19.4 Å². The molecule has 2 rings (SSSR count). The lowest BCUT2D eigenvalue weighted by molar-refractivity contribution is -0.173. The molecule has 0 aromatic carbocycles. The van der Waals surface area contributed by atoms with Gasteiger partial charge in [-0.2, -0.15) is 0 Å². The van der Waals surface area contributed by atoms with Crippen LogP contribution in [0.25, 0.3) is 0 Å². The lowest BCUT2D eigenvalue weighted by Crippen LogP contribution is -2.39. The van der Waals surface area contributed by atoms with Crippen LogP contribution in [0, 0.1) is 17.8 Å². The normalized spacial score (nSPS) is 29.6. The quantitative estimate of drug-likeness (QED) is 0.741. The highest BCUT2D eigenvalue weighted by Crippen LogP contribution is 2.47. The van der Waals surface area contributed by atoms with E-state index in [1.807, 2.05) is 13.0 Å². The predicted molar refractivity (Wildman–Crippen MR) is 74.7 cm³/mol. The standard InChI is InChI=1S/C15H25NO4/c1-3-19-15-11(5-4-8-17)12(10-6-7-10)9-13(20-15)14(18)16-2/h9-12,15,17H,3-8H2,1-2H3,(H,16,18)/t11-,12-,15-/m1/s1. The summed E-state index contributed by atoms with van der Waals surface area (Å²) in [5.74, 6) is 1.36. The number of aliphatic hydroxyl groups is 1. The molecule has 0 aromatic heterocycles. The summed E-state index contributed by atoms with van der Waals surface area (Å²) < 4.78 is 11.4. The van der Waals surface area contributed by atoms with Crippen LogP contribution in [0.2, 0.25) is 0 Å². The maximum atomic E-state index is 11.8. The molecular formula is C15H25NO4. The van der Waals surface area contributed by atoms with Gasteiger partial charge in [-0.1, -0.05) is 0 Å². The molecular weight excluding hydrogens is 258 g/mol. The molecule has 1 aliphatic heterocycles. The molecule has 0 radical (unpaired) electrons. The zero-order valence-electron chi connectivity index (χ0n) is 12.3. The molecule has 1 amide bonds. The van der Waals surface area contributed by atoms with Gasteiger partial charge in [0, 0.05) is 26.2 Å². The van der Waals surface area contributed by atoms with E-state index in [9.17, 15) is 4.79 Å². The number of carbonyl (C=O) groups is 1.